The molecule has 0 unspecified atom stereocenters. The first kappa shape index (κ1) is 18.0. The van der Waals surface area contributed by atoms with Gasteiger partial charge in [-0.2, -0.15) is 0 Å². The number of methoxy groups -OCH3 is 1. The van der Waals surface area contributed by atoms with Crippen molar-refractivity contribution in [3.05, 3.63) is 53.7 Å². The van der Waals surface area contributed by atoms with Gasteiger partial charge in [-0.3, -0.25) is 4.79 Å². The number of rotatable bonds is 10. The molecule has 1 N–H and O–H groups in total. The Bertz CT molecular complexity index is 656. The summed E-state index contributed by atoms with van der Waals surface area (Å²) in [7, 11) is 1.60. The fourth-order valence-corrected chi connectivity index (χ4v) is 2.58. The van der Waals surface area contributed by atoms with Gasteiger partial charge in [0, 0.05) is 18.3 Å². The molecule has 0 amide bonds. The SMILES string of the molecule is CCCCCCCNc1ncccc1C(=O)c1cccc(OC)c1. The van der Waals surface area contributed by atoms with E-state index in [1.165, 1.54) is 25.7 Å². The molecule has 4 heteroatoms. The second-order valence-corrected chi connectivity index (χ2v) is 5.80. The number of carbonyl (C=O) groups is 1. The first-order chi connectivity index (χ1) is 11.8. The van der Waals surface area contributed by atoms with Crippen LogP contribution in [-0.2, 0) is 0 Å². The largest absolute Gasteiger partial charge is 0.497 e. The molecule has 0 fully saturated rings. The zero-order valence-electron chi connectivity index (χ0n) is 14.5. The zero-order valence-corrected chi connectivity index (χ0v) is 14.5. The van der Waals surface area contributed by atoms with E-state index < -0.39 is 0 Å². The molecular formula is C20H26N2O2. The van der Waals surface area contributed by atoms with Gasteiger partial charge in [-0.05, 0) is 30.7 Å². The number of nitrogens with one attached hydrogen (secondary N) is 1. The summed E-state index contributed by atoms with van der Waals surface area (Å²) in [4.78, 5) is 17.1. The van der Waals surface area contributed by atoms with Crippen LogP contribution in [0.3, 0.4) is 0 Å². The molecule has 2 aromatic rings. The van der Waals surface area contributed by atoms with Gasteiger partial charge in [0.05, 0.1) is 12.7 Å². The number of aromatic nitrogens is 1. The minimum atomic E-state index is -0.0458. The van der Waals surface area contributed by atoms with Crippen LogP contribution in [0.5, 0.6) is 5.75 Å². The quantitative estimate of drug-likeness (QED) is 0.508. The minimum Gasteiger partial charge on any atom is -0.497 e. The van der Waals surface area contributed by atoms with Crippen molar-refractivity contribution in [2.24, 2.45) is 0 Å². The van der Waals surface area contributed by atoms with Crippen molar-refractivity contribution >= 4 is 11.6 Å². The third kappa shape index (κ3) is 5.08. The van der Waals surface area contributed by atoms with E-state index >= 15 is 0 Å². The van der Waals surface area contributed by atoms with Crippen molar-refractivity contribution in [3.8, 4) is 5.75 Å². The van der Waals surface area contributed by atoms with E-state index in [9.17, 15) is 4.79 Å². The van der Waals surface area contributed by atoms with E-state index in [0.717, 1.165) is 13.0 Å². The fourth-order valence-electron chi connectivity index (χ4n) is 2.58. The molecule has 0 aliphatic rings. The Labute approximate surface area is 144 Å². The number of hydrogen-bond acceptors (Lipinski definition) is 4. The molecule has 0 aliphatic heterocycles. The minimum absolute atomic E-state index is 0.0458. The van der Waals surface area contributed by atoms with Crippen molar-refractivity contribution in [3.63, 3.8) is 0 Å². The summed E-state index contributed by atoms with van der Waals surface area (Å²) < 4.78 is 5.20. The molecule has 0 bridgehead atoms. The van der Waals surface area contributed by atoms with Crippen LogP contribution in [0.1, 0.15) is 54.9 Å². The molecule has 0 saturated heterocycles. The van der Waals surface area contributed by atoms with Crippen molar-refractivity contribution in [1.29, 1.82) is 0 Å². The van der Waals surface area contributed by atoms with E-state index in [1.807, 2.05) is 18.2 Å². The summed E-state index contributed by atoms with van der Waals surface area (Å²) in [5.74, 6) is 1.28. The summed E-state index contributed by atoms with van der Waals surface area (Å²) in [6.07, 6.45) is 7.78. The number of ether oxygens (including phenoxy) is 1. The Balaban J connectivity index is 2.03. The number of ketones is 1. The third-order valence-electron chi connectivity index (χ3n) is 3.96. The highest BCUT2D eigenvalue weighted by molar-refractivity contribution is 6.12. The van der Waals surface area contributed by atoms with Crippen LogP contribution < -0.4 is 10.1 Å². The van der Waals surface area contributed by atoms with Crippen molar-refractivity contribution in [2.75, 3.05) is 19.0 Å². The lowest BCUT2D eigenvalue weighted by Crippen LogP contribution is -2.10. The number of benzene rings is 1. The lowest BCUT2D eigenvalue weighted by atomic mass is 10.0. The van der Waals surface area contributed by atoms with Crippen molar-refractivity contribution in [2.45, 2.75) is 39.0 Å². The summed E-state index contributed by atoms with van der Waals surface area (Å²) >= 11 is 0. The molecule has 128 valence electrons. The normalized spacial score (nSPS) is 10.4. The molecule has 4 nitrogen and oxygen atoms in total. The predicted octanol–water partition coefficient (Wildman–Crippen LogP) is 4.70. The molecule has 0 aliphatic carbocycles. The van der Waals surface area contributed by atoms with Crippen molar-refractivity contribution < 1.29 is 9.53 Å². The average molecular weight is 326 g/mol. The Morgan fingerprint density at radius 3 is 2.75 bits per heavy atom. The molecule has 24 heavy (non-hydrogen) atoms. The molecule has 0 radical (unpaired) electrons. The van der Waals surface area contributed by atoms with E-state index in [-0.39, 0.29) is 5.78 Å². The maximum Gasteiger partial charge on any atom is 0.196 e. The van der Waals surface area contributed by atoms with E-state index in [1.54, 1.807) is 31.5 Å². The first-order valence-electron chi connectivity index (χ1n) is 8.64. The maximum atomic E-state index is 12.8. The monoisotopic (exact) mass is 326 g/mol. The van der Waals surface area contributed by atoms with Gasteiger partial charge >= 0.3 is 0 Å². The molecule has 0 saturated carbocycles. The third-order valence-corrected chi connectivity index (χ3v) is 3.96. The number of pyridine rings is 1. The van der Waals surface area contributed by atoms with Gasteiger partial charge in [-0.25, -0.2) is 4.98 Å². The van der Waals surface area contributed by atoms with Crippen LogP contribution in [0.25, 0.3) is 0 Å². The highest BCUT2D eigenvalue weighted by Gasteiger charge is 2.14. The van der Waals surface area contributed by atoms with Gasteiger partial charge in [-0.15, -0.1) is 0 Å². The molecule has 1 aromatic heterocycles. The Morgan fingerprint density at radius 1 is 1.12 bits per heavy atom. The molecule has 2 rings (SSSR count). The zero-order chi connectivity index (χ0) is 17.2. The topological polar surface area (TPSA) is 51.2 Å². The van der Waals surface area contributed by atoms with Crippen LogP contribution in [0.2, 0.25) is 0 Å². The predicted molar refractivity (Wildman–Crippen MR) is 97.9 cm³/mol. The van der Waals surface area contributed by atoms with Crippen LogP contribution in [0.4, 0.5) is 5.82 Å². The number of carbonyl (C=O) groups excluding carboxylic acids is 1. The Kier molecular flexibility index (Phi) is 7.27. The first-order valence-corrected chi connectivity index (χ1v) is 8.64. The van der Waals surface area contributed by atoms with Crippen LogP contribution in [-0.4, -0.2) is 24.4 Å². The summed E-state index contributed by atoms with van der Waals surface area (Å²) in [5, 5.41) is 3.31. The second-order valence-electron chi connectivity index (χ2n) is 5.80. The van der Waals surface area contributed by atoms with E-state index in [4.69, 9.17) is 4.74 Å². The number of anilines is 1. The standard InChI is InChI=1S/C20H26N2O2/c1-3-4-5-6-7-13-21-20-18(12-9-14-22-20)19(23)16-10-8-11-17(15-16)24-2/h8-12,14-15H,3-7,13H2,1-2H3,(H,21,22). The summed E-state index contributed by atoms with van der Waals surface area (Å²) in [5.41, 5.74) is 1.20. The van der Waals surface area contributed by atoms with Crippen LogP contribution in [0, 0.1) is 0 Å². The van der Waals surface area contributed by atoms with E-state index in [0.29, 0.717) is 22.7 Å². The molecule has 1 aromatic carbocycles. The Morgan fingerprint density at radius 2 is 1.96 bits per heavy atom. The van der Waals surface area contributed by atoms with Gasteiger partial charge in [0.1, 0.15) is 11.6 Å². The highest BCUT2D eigenvalue weighted by Crippen LogP contribution is 2.20. The van der Waals surface area contributed by atoms with Gasteiger partial charge in [0.15, 0.2) is 5.78 Å². The van der Waals surface area contributed by atoms with Gasteiger partial charge < -0.3 is 10.1 Å². The van der Waals surface area contributed by atoms with Gasteiger partial charge in [0.2, 0.25) is 0 Å². The molecule has 0 spiro atoms. The number of unbranched alkanes of at least 4 members (excludes halogenated alkanes) is 4. The van der Waals surface area contributed by atoms with Crippen LogP contribution >= 0.6 is 0 Å². The lowest BCUT2D eigenvalue weighted by Gasteiger charge is -2.10. The van der Waals surface area contributed by atoms with Crippen LogP contribution in [0.15, 0.2) is 42.6 Å². The smallest absolute Gasteiger partial charge is 0.196 e. The molecular weight excluding hydrogens is 300 g/mol. The summed E-state index contributed by atoms with van der Waals surface area (Å²) in [6.45, 7) is 3.04. The highest BCUT2D eigenvalue weighted by atomic mass is 16.5. The summed E-state index contributed by atoms with van der Waals surface area (Å²) in [6, 6.07) is 10.8. The second kappa shape index (κ2) is 9.71. The number of nitrogens with zero attached hydrogens (tertiary/aromatic N) is 1. The van der Waals surface area contributed by atoms with Gasteiger partial charge in [0.25, 0.3) is 0 Å². The van der Waals surface area contributed by atoms with Gasteiger partial charge in [-0.1, -0.05) is 44.7 Å². The van der Waals surface area contributed by atoms with E-state index in [2.05, 4.69) is 17.2 Å². The molecule has 0 atom stereocenters. The lowest BCUT2D eigenvalue weighted by molar-refractivity contribution is 0.103. The molecule has 1 heterocycles. The number of hydrogen-bond donors (Lipinski definition) is 1. The fraction of sp³-hybridized carbons (Fsp3) is 0.400. The average Bonchev–Trinajstić information content (AvgIpc) is 2.64. The Hall–Kier alpha value is -2.36. The van der Waals surface area contributed by atoms with Crippen molar-refractivity contribution in [1.82, 2.24) is 4.98 Å². The maximum absolute atomic E-state index is 12.8.